The van der Waals surface area contributed by atoms with Crippen molar-refractivity contribution in [1.82, 2.24) is 10.2 Å². The molecule has 22 heavy (non-hydrogen) atoms. The van der Waals surface area contributed by atoms with E-state index in [0.717, 1.165) is 0 Å². The molecule has 1 aliphatic heterocycles. The normalized spacial score (nSPS) is 16.8. The Labute approximate surface area is 140 Å². The maximum Gasteiger partial charge on any atom is 0.390 e. The van der Waals surface area contributed by atoms with Crippen LogP contribution in [0, 0.1) is 11.3 Å². The van der Waals surface area contributed by atoms with Crippen molar-refractivity contribution in [2.45, 2.75) is 18.6 Å². The number of piperazine rings is 1. The van der Waals surface area contributed by atoms with Crippen molar-refractivity contribution in [2.75, 3.05) is 26.2 Å². The predicted octanol–water partition coefficient (Wildman–Crippen LogP) is 3.30. The number of rotatable bonds is 3. The molecule has 0 aromatic heterocycles. The van der Waals surface area contributed by atoms with Gasteiger partial charge in [0.2, 0.25) is 0 Å². The molecule has 0 amide bonds. The van der Waals surface area contributed by atoms with E-state index in [1.165, 1.54) is 0 Å². The summed E-state index contributed by atoms with van der Waals surface area (Å²) in [5.74, 6) is 0. The Morgan fingerprint density at radius 3 is 2.32 bits per heavy atom. The molecule has 0 aliphatic carbocycles. The van der Waals surface area contributed by atoms with Crippen molar-refractivity contribution in [3.05, 3.63) is 35.4 Å². The quantitative estimate of drug-likeness (QED) is 0.903. The van der Waals surface area contributed by atoms with Crippen LogP contribution in [0.15, 0.2) is 24.3 Å². The lowest BCUT2D eigenvalue weighted by Crippen LogP contribution is -2.46. The van der Waals surface area contributed by atoms with Gasteiger partial charge in [0.05, 0.1) is 18.1 Å². The minimum absolute atomic E-state index is 0. The lowest BCUT2D eigenvalue weighted by atomic mass is 9.96. The SMILES string of the molecule is Cl.Cl.N#Cc1ccccc1[C@@H](CC(F)(F)F)N1CCNCC1. The van der Waals surface area contributed by atoms with E-state index in [1.807, 2.05) is 6.07 Å². The molecule has 1 saturated heterocycles. The van der Waals surface area contributed by atoms with E-state index in [1.54, 1.807) is 29.2 Å². The minimum atomic E-state index is -4.25. The van der Waals surface area contributed by atoms with Crippen LogP contribution in [0.25, 0.3) is 0 Å². The fourth-order valence-corrected chi connectivity index (χ4v) is 2.54. The molecule has 0 radical (unpaired) electrons. The summed E-state index contributed by atoms with van der Waals surface area (Å²) < 4.78 is 38.6. The Morgan fingerprint density at radius 1 is 1.18 bits per heavy atom. The van der Waals surface area contributed by atoms with Crippen molar-refractivity contribution in [3.8, 4) is 6.07 Å². The Hall–Kier alpha value is -1.00. The van der Waals surface area contributed by atoms with Crippen LogP contribution < -0.4 is 5.32 Å². The van der Waals surface area contributed by atoms with Gasteiger partial charge in [-0.1, -0.05) is 18.2 Å². The maximum absolute atomic E-state index is 12.9. The fraction of sp³-hybridized carbons (Fsp3) is 0.500. The smallest absolute Gasteiger partial charge is 0.314 e. The van der Waals surface area contributed by atoms with E-state index in [9.17, 15) is 13.2 Å². The zero-order chi connectivity index (χ0) is 14.6. The van der Waals surface area contributed by atoms with Crippen molar-refractivity contribution in [3.63, 3.8) is 0 Å². The highest BCUT2D eigenvalue weighted by Crippen LogP contribution is 2.35. The predicted molar refractivity (Wildman–Crippen MR) is 83.5 cm³/mol. The van der Waals surface area contributed by atoms with Gasteiger partial charge in [0.25, 0.3) is 0 Å². The Balaban J connectivity index is 0.00000220. The summed E-state index contributed by atoms with van der Waals surface area (Å²) in [6.07, 6.45) is -5.18. The number of nitrogens with zero attached hydrogens (tertiary/aromatic N) is 2. The molecular formula is C14H18Cl2F3N3. The second-order valence-corrected chi connectivity index (χ2v) is 4.82. The summed E-state index contributed by atoms with van der Waals surface area (Å²) in [6.45, 7) is 2.45. The fourth-order valence-electron chi connectivity index (χ4n) is 2.54. The highest BCUT2D eigenvalue weighted by molar-refractivity contribution is 5.85. The molecule has 1 aromatic carbocycles. The van der Waals surface area contributed by atoms with Gasteiger partial charge in [-0.3, -0.25) is 4.90 Å². The van der Waals surface area contributed by atoms with Gasteiger partial charge in [-0.05, 0) is 11.6 Å². The monoisotopic (exact) mass is 355 g/mol. The molecule has 0 saturated carbocycles. The maximum atomic E-state index is 12.9. The molecule has 1 N–H and O–H groups in total. The molecule has 3 nitrogen and oxygen atoms in total. The van der Waals surface area contributed by atoms with E-state index in [-0.39, 0.29) is 24.8 Å². The van der Waals surface area contributed by atoms with Gasteiger partial charge in [-0.15, -0.1) is 24.8 Å². The first kappa shape index (κ1) is 21.0. The third-order valence-corrected chi connectivity index (χ3v) is 3.46. The number of alkyl halides is 3. The number of benzene rings is 1. The van der Waals surface area contributed by atoms with Crippen molar-refractivity contribution >= 4 is 24.8 Å². The summed E-state index contributed by atoms with van der Waals surface area (Å²) in [7, 11) is 0. The number of nitrogens with one attached hydrogen (secondary N) is 1. The largest absolute Gasteiger partial charge is 0.390 e. The third-order valence-electron chi connectivity index (χ3n) is 3.46. The van der Waals surface area contributed by atoms with Gasteiger partial charge in [0, 0.05) is 32.2 Å². The molecule has 1 aliphatic rings. The van der Waals surface area contributed by atoms with E-state index in [2.05, 4.69) is 5.32 Å². The third kappa shape index (κ3) is 5.65. The summed E-state index contributed by atoms with van der Waals surface area (Å²) >= 11 is 0. The van der Waals surface area contributed by atoms with Gasteiger partial charge in [0.1, 0.15) is 0 Å². The van der Waals surface area contributed by atoms with E-state index in [0.29, 0.717) is 37.3 Å². The zero-order valence-corrected chi connectivity index (χ0v) is 13.4. The number of hydrogen-bond donors (Lipinski definition) is 1. The van der Waals surface area contributed by atoms with Crippen molar-refractivity contribution in [2.24, 2.45) is 0 Å². The molecule has 0 spiro atoms. The summed E-state index contributed by atoms with van der Waals surface area (Å²) in [5.41, 5.74) is 0.787. The second-order valence-electron chi connectivity index (χ2n) is 4.82. The van der Waals surface area contributed by atoms with Gasteiger partial charge < -0.3 is 5.32 Å². The number of nitriles is 1. The van der Waals surface area contributed by atoms with Gasteiger partial charge >= 0.3 is 6.18 Å². The first-order valence-corrected chi connectivity index (χ1v) is 6.52. The van der Waals surface area contributed by atoms with Crippen LogP contribution in [-0.4, -0.2) is 37.3 Å². The van der Waals surface area contributed by atoms with Crippen LogP contribution in [0.5, 0.6) is 0 Å². The Bertz CT molecular complexity index is 497. The van der Waals surface area contributed by atoms with Gasteiger partial charge in [-0.2, -0.15) is 18.4 Å². The second kappa shape index (κ2) is 9.21. The van der Waals surface area contributed by atoms with E-state index >= 15 is 0 Å². The molecule has 1 aromatic rings. The highest BCUT2D eigenvalue weighted by Gasteiger charge is 2.36. The average molecular weight is 356 g/mol. The molecule has 1 heterocycles. The molecule has 8 heteroatoms. The van der Waals surface area contributed by atoms with Gasteiger partial charge in [0.15, 0.2) is 0 Å². The van der Waals surface area contributed by atoms with Crippen molar-refractivity contribution in [1.29, 1.82) is 5.26 Å². The molecule has 2 rings (SSSR count). The zero-order valence-electron chi connectivity index (χ0n) is 11.8. The highest BCUT2D eigenvalue weighted by atomic mass is 35.5. The van der Waals surface area contributed by atoms with Gasteiger partial charge in [-0.25, -0.2) is 0 Å². The Kier molecular flexibility index (Phi) is 8.79. The van der Waals surface area contributed by atoms with Crippen LogP contribution in [0.4, 0.5) is 13.2 Å². The molecular weight excluding hydrogens is 338 g/mol. The van der Waals surface area contributed by atoms with Crippen LogP contribution in [0.3, 0.4) is 0 Å². The van der Waals surface area contributed by atoms with Crippen LogP contribution in [0.1, 0.15) is 23.6 Å². The van der Waals surface area contributed by atoms with Crippen LogP contribution in [0.2, 0.25) is 0 Å². The van der Waals surface area contributed by atoms with Crippen molar-refractivity contribution < 1.29 is 13.2 Å². The molecule has 0 unspecified atom stereocenters. The lowest BCUT2D eigenvalue weighted by molar-refractivity contribution is -0.148. The standard InChI is InChI=1S/C14H16F3N3.2ClH/c15-14(16,17)9-13(20-7-5-19-6-8-20)12-4-2-1-3-11(12)10-18;;/h1-4,13,19H,5-9H2;2*1H/t13-;;/m1../s1. The Morgan fingerprint density at radius 2 is 1.77 bits per heavy atom. The summed E-state index contributed by atoms with van der Waals surface area (Å²) in [4.78, 5) is 1.81. The molecule has 0 bridgehead atoms. The van der Waals surface area contributed by atoms with E-state index in [4.69, 9.17) is 5.26 Å². The lowest BCUT2D eigenvalue weighted by Gasteiger charge is -2.36. The topological polar surface area (TPSA) is 39.1 Å². The molecule has 1 atom stereocenters. The van der Waals surface area contributed by atoms with E-state index < -0.39 is 18.6 Å². The van der Waals surface area contributed by atoms with Crippen LogP contribution >= 0.6 is 24.8 Å². The molecule has 124 valence electrons. The van der Waals surface area contributed by atoms with Crippen LogP contribution in [-0.2, 0) is 0 Å². The minimum Gasteiger partial charge on any atom is -0.314 e. The average Bonchev–Trinajstić information content (AvgIpc) is 2.45. The first-order valence-electron chi connectivity index (χ1n) is 6.52. The first-order chi connectivity index (χ1) is 9.51. The summed E-state index contributed by atoms with van der Waals surface area (Å²) in [5, 5.41) is 12.2. The molecule has 1 fully saturated rings. The summed E-state index contributed by atoms with van der Waals surface area (Å²) in [6, 6.07) is 7.75. The number of halogens is 5. The number of hydrogen-bond acceptors (Lipinski definition) is 3.